The molecular formula is C73H69BN2. The van der Waals surface area contributed by atoms with Gasteiger partial charge < -0.3 is 9.71 Å². The van der Waals surface area contributed by atoms with Crippen molar-refractivity contribution in [2.24, 2.45) is 0 Å². The normalized spacial score (nSPS) is 14.5. The Labute approximate surface area is 452 Å². The molecule has 0 aromatic heterocycles. The number of fused-ring (bicyclic) bond motifs is 10. The van der Waals surface area contributed by atoms with Gasteiger partial charge in [-0.1, -0.05) is 228 Å². The average molecular weight is 985 g/mol. The van der Waals surface area contributed by atoms with Crippen molar-refractivity contribution >= 4 is 67.8 Å². The Morgan fingerprint density at radius 3 is 1.62 bits per heavy atom. The van der Waals surface area contributed by atoms with E-state index < -0.39 is 0 Å². The maximum Gasteiger partial charge on any atom is 0.333 e. The highest BCUT2D eigenvalue weighted by Crippen LogP contribution is 2.54. The summed E-state index contributed by atoms with van der Waals surface area (Å²) in [6.45, 7) is 27.8. The molecule has 0 saturated heterocycles. The van der Waals surface area contributed by atoms with Crippen molar-refractivity contribution in [2.45, 2.75) is 111 Å². The first-order valence-corrected chi connectivity index (χ1v) is 27.6. The molecular weight excluding hydrogens is 916 g/mol. The number of rotatable bonds is 5. The zero-order valence-electron chi connectivity index (χ0n) is 46.5. The topological polar surface area (TPSA) is 6.48 Å². The molecule has 374 valence electrons. The third-order valence-electron chi connectivity index (χ3n) is 17.5. The summed E-state index contributed by atoms with van der Waals surface area (Å²) >= 11 is 0. The van der Waals surface area contributed by atoms with Gasteiger partial charge >= 0.3 is 6.85 Å². The lowest BCUT2D eigenvalue weighted by Gasteiger charge is -2.47. The highest BCUT2D eigenvalue weighted by Gasteiger charge is 2.47. The van der Waals surface area contributed by atoms with Crippen molar-refractivity contribution in [3.63, 3.8) is 0 Å². The second kappa shape index (κ2) is 16.9. The Morgan fingerprint density at radius 1 is 0.421 bits per heavy atom. The fourth-order valence-corrected chi connectivity index (χ4v) is 13.3. The Bertz CT molecular complexity index is 3930. The molecule has 10 aromatic rings. The van der Waals surface area contributed by atoms with Gasteiger partial charge in [0.1, 0.15) is 0 Å². The van der Waals surface area contributed by atoms with Crippen LogP contribution in [0, 0.1) is 6.92 Å². The van der Waals surface area contributed by atoms with Crippen LogP contribution in [0.4, 0.5) is 28.4 Å². The predicted molar refractivity (Wildman–Crippen MR) is 327 cm³/mol. The average Bonchev–Trinajstić information content (AvgIpc) is 3.80. The van der Waals surface area contributed by atoms with Gasteiger partial charge in [-0.05, 0) is 159 Å². The Morgan fingerprint density at radius 2 is 0.974 bits per heavy atom. The minimum absolute atomic E-state index is 0.00293. The number of anilines is 5. The second-order valence-electron chi connectivity index (χ2n) is 25.9. The Kier molecular flexibility index (Phi) is 10.7. The van der Waals surface area contributed by atoms with Crippen molar-refractivity contribution in [3.8, 4) is 22.3 Å². The first-order valence-electron chi connectivity index (χ1n) is 27.6. The highest BCUT2D eigenvalue weighted by molar-refractivity contribution is 6.94. The largest absolute Gasteiger partial charge is 0.376 e. The van der Waals surface area contributed by atoms with E-state index in [2.05, 4.69) is 287 Å². The van der Waals surface area contributed by atoms with E-state index >= 15 is 0 Å². The molecule has 0 N–H and O–H groups in total. The van der Waals surface area contributed by atoms with Crippen LogP contribution in [0.3, 0.4) is 0 Å². The van der Waals surface area contributed by atoms with Crippen LogP contribution in [0.2, 0.25) is 0 Å². The van der Waals surface area contributed by atoms with Crippen molar-refractivity contribution < 1.29 is 0 Å². The van der Waals surface area contributed by atoms with E-state index in [-0.39, 0.29) is 34.4 Å². The fraction of sp³-hybridized carbons (Fsp3) is 0.233. The molecule has 2 nitrogen and oxygen atoms in total. The summed E-state index contributed by atoms with van der Waals surface area (Å²) in [5, 5.41) is 4.98. The minimum Gasteiger partial charge on any atom is -0.376 e. The molecule has 0 bridgehead atoms. The van der Waals surface area contributed by atoms with Crippen molar-refractivity contribution in [2.75, 3.05) is 9.71 Å². The minimum atomic E-state index is -0.165. The molecule has 3 aliphatic rings. The lowest BCUT2D eigenvalue weighted by molar-refractivity contribution is 0.589. The molecule has 13 rings (SSSR count). The summed E-state index contributed by atoms with van der Waals surface area (Å²) in [6, 6.07) is 75.7. The van der Waals surface area contributed by atoms with E-state index in [0.29, 0.717) is 0 Å². The predicted octanol–water partition coefficient (Wildman–Crippen LogP) is 18.4. The monoisotopic (exact) mass is 985 g/mol. The van der Waals surface area contributed by atoms with Crippen LogP contribution in [0.15, 0.2) is 194 Å². The van der Waals surface area contributed by atoms with Crippen LogP contribution < -0.4 is 20.6 Å². The van der Waals surface area contributed by atoms with Gasteiger partial charge in [0.2, 0.25) is 0 Å². The van der Waals surface area contributed by atoms with Crippen molar-refractivity contribution in [1.82, 2.24) is 0 Å². The zero-order chi connectivity index (χ0) is 52.8. The summed E-state index contributed by atoms with van der Waals surface area (Å²) in [5.41, 5.74) is 25.8. The molecule has 1 aliphatic carbocycles. The lowest BCUT2D eigenvalue weighted by atomic mass is 9.43. The highest BCUT2D eigenvalue weighted by atomic mass is 15.2. The van der Waals surface area contributed by atoms with Gasteiger partial charge in [-0.15, -0.1) is 0 Å². The molecule has 0 saturated carbocycles. The molecule has 10 aromatic carbocycles. The van der Waals surface area contributed by atoms with Gasteiger partial charge in [0.05, 0.1) is 5.69 Å². The molecule has 0 amide bonds. The van der Waals surface area contributed by atoms with Crippen molar-refractivity contribution in [1.29, 1.82) is 0 Å². The van der Waals surface area contributed by atoms with E-state index in [0.717, 1.165) is 0 Å². The molecule has 0 atom stereocenters. The van der Waals surface area contributed by atoms with Gasteiger partial charge in [0, 0.05) is 45.0 Å². The van der Waals surface area contributed by atoms with Crippen LogP contribution in [-0.4, -0.2) is 6.85 Å². The quantitative estimate of drug-likeness (QED) is 0.125. The number of nitrogens with zero attached hydrogens (tertiary/aromatic N) is 2. The van der Waals surface area contributed by atoms with E-state index in [1.807, 2.05) is 0 Å². The van der Waals surface area contributed by atoms with Crippen LogP contribution in [0.5, 0.6) is 0 Å². The van der Waals surface area contributed by atoms with Crippen molar-refractivity contribution in [3.05, 3.63) is 244 Å². The number of aryl methyl sites for hydroxylation is 1. The Hall–Kier alpha value is -7.62. The number of hydrogen-bond donors (Lipinski definition) is 0. The molecule has 0 unspecified atom stereocenters. The van der Waals surface area contributed by atoms with Gasteiger partial charge in [-0.3, -0.25) is 0 Å². The van der Waals surface area contributed by atoms with Crippen LogP contribution in [-0.2, 0) is 21.7 Å². The molecule has 2 heterocycles. The summed E-state index contributed by atoms with van der Waals surface area (Å²) in [7, 11) is 0. The van der Waals surface area contributed by atoms with Crippen LogP contribution >= 0.6 is 0 Å². The number of benzene rings is 10. The van der Waals surface area contributed by atoms with E-state index in [4.69, 9.17) is 0 Å². The summed E-state index contributed by atoms with van der Waals surface area (Å²) < 4.78 is 0. The first-order chi connectivity index (χ1) is 36.3. The van der Waals surface area contributed by atoms with Crippen LogP contribution in [0.25, 0.3) is 43.8 Å². The van der Waals surface area contributed by atoms with Gasteiger partial charge in [-0.2, -0.15) is 0 Å². The van der Waals surface area contributed by atoms with Crippen LogP contribution in [0.1, 0.15) is 132 Å². The Balaban J connectivity index is 1.13. The fourth-order valence-electron chi connectivity index (χ4n) is 13.3. The smallest absolute Gasteiger partial charge is 0.333 e. The SMILES string of the molecule is Cc1cc(C(C)(C)C)ccc1N1c2cc(C(c3ccc(C(C)(C)C)cc3)c3ccc(C(C)(C)C)cc3)ccc2B2c3c(cc4ccccc4c31)-c1cc3ccccc3cc1N2c1ccc2c(c1)C(C)(C)c1ccccc1-2. The van der Waals surface area contributed by atoms with Gasteiger partial charge in [-0.25, -0.2) is 0 Å². The molecule has 3 heteroatoms. The molecule has 0 spiro atoms. The van der Waals surface area contributed by atoms with E-state index in [9.17, 15) is 0 Å². The lowest BCUT2D eigenvalue weighted by Crippen LogP contribution is -2.61. The van der Waals surface area contributed by atoms with E-state index in [1.54, 1.807) is 0 Å². The summed E-state index contributed by atoms with van der Waals surface area (Å²) in [5.74, 6) is -0.0147. The maximum atomic E-state index is 2.72. The van der Waals surface area contributed by atoms with E-state index in [1.165, 1.54) is 133 Å². The molecule has 0 radical (unpaired) electrons. The molecule has 2 aliphatic heterocycles. The third kappa shape index (κ3) is 7.51. The summed E-state index contributed by atoms with van der Waals surface area (Å²) in [4.78, 5) is 5.40. The first kappa shape index (κ1) is 48.1. The third-order valence-corrected chi connectivity index (χ3v) is 17.5. The zero-order valence-corrected chi connectivity index (χ0v) is 46.5. The standard InChI is InChI=1S/C73H69BN2/c1-45-39-54(72(8,9)10)34-38-64(45)75-66-43-51(67(46-25-30-52(31-26-46)70(2,3)4)47-27-32-53(33-28-47)71(5,6)7)29-37-63(66)74-68-60(41-50-21-15-16-22-56(50)69(68)75)59-40-48-19-13-14-20-49(48)42-65(59)76(74)55-35-36-58-57-23-17-18-24-61(57)73(11,12)62(58)44-55/h13-44,67H,1-12H3. The molecule has 0 fully saturated rings. The van der Waals surface area contributed by atoms with Gasteiger partial charge in [0.15, 0.2) is 0 Å². The molecule has 76 heavy (non-hydrogen) atoms. The number of hydrogen-bond acceptors (Lipinski definition) is 2. The summed E-state index contributed by atoms with van der Waals surface area (Å²) in [6.07, 6.45) is 0. The van der Waals surface area contributed by atoms with Gasteiger partial charge in [0.25, 0.3) is 0 Å². The maximum absolute atomic E-state index is 2.72. The second-order valence-corrected chi connectivity index (χ2v) is 25.9.